The molecule has 1 atom stereocenters. The molecule has 4 heteroatoms. The molecule has 180 valence electrons. The number of thiophene rings is 1. The number of rotatable bonds is 13. The van der Waals surface area contributed by atoms with Gasteiger partial charge in [0, 0.05) is 0 Å². The first-order chi connectivity index (χ1) is 14.6. The first-order valence-corrected chi connectivity index (χ1v) is 24.5. The van der Waals surface area contributed by atoms with Crippen molar-refractivity contribution >= 4 is 40.9 Å². The van der Waals surface area contributed by atoms with E-state index in [4.69, 9.17) is 4.43 Å². The van der Waals surface area contributed by atoms with E-state index in [1.165, 1.54) is 57.8 Å². The summed E-state index contributed by atoms with van der Waals surface area (Å²) in [6, 6.07) is 2.76. The van der Waals surface area contributed by atoms with Crippen molar-refractivity contribution in [2.45, 2.75) is 131 Å². The van der Waals surface area contributed by atoms with Crippen molar-refractivity contribution in [1.29, 1.82) is 0 Å². The zero-order valence-corrected chi connectivity index (χ0v) is 26.8. The van der Waals surface area contributed by atoms with Crippen molar-refractivity contribution in [3.8, 4) is 0 Å². The normalized spacial score (nSPS) is 17.7. The second-order valence-corrected chi connectivity index (χ2v) is 31.9. The van der Waals surface area contributed by atoms with Crippen LogP contribution in [0, 0.1) is 5.92 Å². The van der Waals surface area contributed by atoms with Gasteiger partial charge in [0.25, 0.3) is 0 Å². The molecule has 0 aliphatic heterocycles. The molecule has 0 aromatic carbocycles. The van der Waals surface area contributed by atoms with Crippen LogP contribution in [-0.2, 0) is 17.3 Å². The van der Waals surface area contributed by atoms with E-state index >= 15 is 0 Å². The van der Waals surface area contributed by atoms with Crippen molar-refractivity contribution < 1.29 is 4.43 Å². The third-order valence-corrected chi connectivity index (χ3v) is 32.2. The van der Waals surface area contributed by atoms with Gasteiger partial charge in [-0.15, -0.1) is 0 Å². The molecule has 0 saturated heterocycles. The maximum atomic E-state index is 6.64. The van der Waals surface area contributed by atoms with Crippen LogP contribution in [0.2, 0.25) is 31.4 Å². The van der Waals surface area contributed by atoms with E-state index < -0.39 is 26.7 Å². The minimum atomic E-state index is -2.27. The van der Waals surface area contributed by atoms with Crippen LogP contribution in [0.5, 0.6) is 0 Å². The van der Waals surface area contributed by atoms with Gasteiger partial charge in [-0.25, -0.2) is 0 Å². The summed E-state index contributed by atoms with van der Waals surface area (Å²) < 4.78 is 13.4. The predicted octanol–water partition coefficient (Wildman–Crippen LogP) is 8.93. The number of fused-ring (bicyclic) bond motifs is 1. The molecule has 0 fully saturated rings. The van der Waals surface area contributed by atoms with Gasteiger partial charge in [0.2, 0.25) is 0 Å². The van der Waals surface area contributed by atoms with Crippen LogP contribution in [0.3, 0.4) is 0 Å². The molecule has 0 N–H and O–H groups in total. The summed E-state index contributed by atoms with van der Waals surface area (Å²) in [6.45, 7) is 20.0. The maximum absolute atomic E-state index is 6.64. The molecule has 0 amide bonds. The molecule has 1 aromatic rings. The van der Waals surface area contributed by atoms with Crippen LogP contribution in [-0.4, -0.2) is 33.3 Å². The third kappa shape index (κ3) is 7.58. The first kappa shape index (κ1) is 27.9. The summed E-state index contributed by atoms with van der Waals surface area (Å²) in [7, 11) is -1.64. The molecule has 0 radical (unpaired) electrons. The Kier molecular flexibility index (Phi) is 11.2. The first-order valence-electron chi connectivity index (χ1n) is 13.3. The summed E-state index contributed by atoms with van der Waals surface area (Å²) in [6.07, 6.45) is 12.4. The molecule has 1 heterocycles. The Bertz CT molecular complexity index is 639. The Labute approximate surface area is 204 Å². The molecule has 0 spiro atoms. The zero-order valence-electron chi connectivity index (χ0n) is 22.2. The molecular weight excluding hydrogens is 519 g/mol. The van der Waals surface area contributed by atoms with Gasteiger partial charge < -0.3 is 0 Å². The summed E-state index contributed by atoms with van der Waals surface area (Å²) in [5.41, 5.74) is 1.72. The fourth-order valence-electron chi connectivity index (χ4n) is 4.84. The Morgan fingerprint density at radius 2 is 1.55 bits per heavy atom. The van der Waals surface area contributed by atoms with Crippen LogP contribution < -0.4 is 2.89 Å². The Morgan fingerprint density at radius 3 is 2.03 bits per heavy atom. The van der Waals surface area contributed by atoms with Crippen LogP contribution in [0.4, 0.5) is 0 Å². The van der Waals surface area contributed by atoms with Gasteiger partial charge in [-0.2, -0.15) is 0 Å². The number of hydrogen-bond acceptors (Lipinski definition) is 2. The predicted molar refractivity (Wildman–Crippen MR) is 148 cm³/mol. The quantitative estimate of drug-likeness (QED) is 0.215. The molecule has 1 nitrogen and oxygen atoms in total. The van der Waals surface area contributed by atoms with E-state index in [0.29, 0.717) is 5.04 Å². The average Bonchev–Trinajstić information content (AvgIpc) is 3.15. The second-order valence-electron chi connectivity index (χ2n) is 11.8. The van der Waals surface area contributed by atoms with E-state index in [1.54, 1.807) is 23.8 Å². The Hall–Kier alpha value is 0.676. The summed E-state index contributed by atoms with van der Waals surface area (Å²) >= 11 is 0.0159. The fraction of sp³-hybridized carbons (Fsp3) is 0.852. The Balaban J connectivity index is 2.17. The second kappa shape index (κ2) is 12.4. The van der Waals surface area contributed by atoms with Crippen LogP contribution in [0.15, 0.2) is 6.07 Å². The molecule has 0 saturated carbocycles. The van der Waals surface area contributed by atoms with E-state index in [2.05, 4.69) is 72.0 Å². The Morgan fingerprint density at radius 1 is 1.00 bits per heavy atom. The van der Waals surface area contributed by atoms with Crippen molar-refractivity contribution in [3.63, 3.8) is 0 Å². The van der Waals surface area contributed by atoms with Crippen molar-refractivity contribution in [3.05, 3.63) is 16.5 Å². The van der Waals surface area contributed by atoms with Crippen LogP contribution >= 0.6 is 11.3 Å². The van der Waals surface area contributed by atoms with Crippen LogP contribution in [0.1, 0.15) is 96.9 Å². The standard InChI is InChI=1S/C15H25OSSi.3C4H9.Sn/c1-15(2,3)18(4,5)16-11-12-6-7-14-13(10-12)8-9-17-14;3*1-3-4-2;/h8,12H,6-7,10-11H2,1-5H3;3*1,3-4H2,2H3;. The van der Waals surface area contributed by atoms with Gasteiger partial charge >= 0.3 is 205 Å². The average molecular weight is 572 g/mol. The number of hydrogen-bond donors (Lipinski definition) is 0. The summed E-state index contributed by atoms with van der Waals surface area (Å²) in [5.74, 6) is 0.732. The minimum absolute atomic E-state index is 0.314. The number of unbranched alkanes of at least 4 members (excludes halogenated alkanes) is 3. The van der Waals surface area contributed by atoms with Gasteiger partial charge in [0.1, 0.15) is 0 Å². The topological polar surface area (TPSA) is 9.23 Å². The monoisotopic (exact) mass is 572 g/mol. The van der Waals surface area contributed by atoms with E-state index in [-0.39, 0.29) is 0 Å². The molecule has 2 rings (SSSR count). The van der Waals surface area contributed by atoms with E-state index in [9.17, 15) is 0 Å². The van der Waals surface area contributed by atoms with E-state index in [0.717, 1.165) is 12.5 Å². The van der Waals surface area contributed by atoms with Gasteiger partial charge in [0.15, 0.2) is 0 Å². The fourth-order valence-corrected chi connectivity index (χ4v) is 26.5. The van der Waals surface area contributed by atoms with Crippen molar-refractivity contribution in [1.82, 2.24) is 0 Å². The molecule has 1 aliphatic rings. The zero-order chi connectivity index (χ0) is 23.1. The SMILES string of the molecule is CCC[CH2][Sn]([CH2]CCC)([CH2]CCC)[c]1cc2c(s1)CCC(CO[Si](C)(C)C(C)(C)C)C2. The van der Waals surface area contributed by atoms with Gasteiger partial charge in [0.05, 0.1) is 0 Å². The van der Waals surface area contributed by atoms with Crippen LogP contribution in [0.25, 0.3) is 0 Å². The molecule has 1 unspecified atom stereocenters. The molecule has 1 aromatic heterocycles. The van der Waals surface area contributed by atoms with Gasteiger partial charge in [-0.1, -0.05) is 0 Å². The molecule has 1 aliphatic carbocycles. The van der Waals surface area contributed by atoms with Gasteiger partial charge in [-0.3, -0.25) is 0 Å². The molecule has 31 heavy (non-hydrogen) atoms. The van der Waals surface area contributed by atoms with Gasteiger partial charge in [-0.05, 0) is 0 Å². The van der Waals surface area contributed by atoms with Crippen molar-refractivity contribution in [2.75, 3.05) is 6.61 Å². The van der Waals surface area contributed by atoms with Crippen molar-refractivity contribution in [2.24, 2.45) is 5.92 Å². The van der Waals surface area contributed by atoms with E-state index in [1.807, 2.05) is 2.89 Å². The summed E-state index contributed by atoms with van der Waals surface area (Å²) in [5, 5.41) is 0.314. The third-order valence-electron chi connectivity index (χ3n) is 8.22. The number of aryl methyl sites for hydroxylation is 1. The molecular formula is C27H52OSSiSn. The molecule has 0 bridgehead atoms. The summed E-state index contributed by atoms with van der Waals surface area (Å²) in [4.78, 5) is 1.75.